The van der Waals surface area contributed by atoms with Crippen LogP contribution in [0, 0.1) is 5.82 Å². The summed E-state index contributed by atoms with van der Waals surface area (Å²) < 4.78 is 19.2. The zero-order valence-electron chi connectivity index (χ0n) is 14.7. The summed E-state index contributed by atoms with van der Waals surface area (Å²) in [6, 6.07) is 3.93. The Morgan fingerprint density at radius 2 is 1.92 bits per heavy atom. The smallest absolute Gasteiger partial charge is 0.412 e. The van der Waals surface area contributed by atoms with Gasteiger partial charge in [0.25, 0.3) is 0 Å². The van der Waals surface area contributed by atoms with Gasteiger partial charge in [0, 0.05) is 7.05 Å². The summed E-state index contributed by atoms with van der Waals surface area (Å²) >= 11 is 0. The predicted octanol–water partition coefficient (Wildman–Crippen LogP) is 2.76. The predicted molar refractivity (Wildman–Crippen MR) is 92.7 cm³/mol. The van der Waals surface area contributed by atoms with Crippen LogP contribution in [0.25, 0.3) is 0 Å². The van der Waals surface area contributed by atoms with E-state index >= 15 is 0 Å². The Morgan fingerprint density at radius 1 is 1.28 bits per heavy atom. The molecule has 0 radical (unpaired) electrons. The third-order valence-corrected chi connectivity index (χ3v) is 2.85. The molecule has 1 aromatic carbocycles. The van der Waals surface area contributed by atoms with Crippen LogP contribution in [0.4, 0.5) is 20.6 Å². The Balaban J connectivity index is 2.89. The van der Waals surface area contributed by atoms with E-state index in [0.29, 0.717) is 0 Å². The third-order valence-electron chi connectivity index (χ3n) is 2.85. The van der Waals surface area contributed by atoms with Gasteiger partial charge in [0.05, 0.1) is 12.2 Å². The molecule has 0 aliphatic heterocycles. The van der Waals surface area contributed by atoms with Gasteiger partial charge >= 0.3 is 6.09 Å². The van der Waals surface area contributed by atoms with Gasteiger partial charge in [-0.3, -0.25) is 14.9 Å². The molecule has 0 saturated carbocycles. The molecule has 25 heavy (non-hydrogen) atoms. The fraction of sp³-hybridized carbons (Fsp3) is 0.353. The zero-order chi connectivity index (χ0) is 19.2. The highest BCUT2D eigenvalue weighted by Gasteiger charge is 2.19. The first-order chi connectivity index (χ1) is 11.5. The average Bonchev–Trinajstić information content (AvgIpc) is 2.47. The molecule has 0 heterocycles. The van der Waals surface area contributed by atoms with Gasteiger partial charge in [-0.1, -0.05) is 12.6 Å². The first-order valence-corrected chi connectivity index (χ1v) is 7.49. The number of hydrogen-bond donors (Lipinski definition) is 2. The minimum atomic E-state index is -0.785. The van der Waals surface area contributed by atoms with E-state index in [9.17, 15) is 18.8 Å². The Hall–Kier alpha value is -2.90. The molecule has 0 aliphatic carbocycles. The quantitative estimate of drug-likeness (QED) is 0.799. The van der Waals surface area contributed by atoms with Crippen molar-refractivity contribution >= 4 is 29.3 Å². The van der Waals surface area contributed by atoms with Gasteiger partial charge in [0.2, 0.25) is 11.8 Å². The topological polar surface area (TPSA) is 87.7 Å². The number of amides is 3. The number of rotatable bonds is 5. The molecule has 7 nitrogen and oxygen atoms in total. The maximum Gasteiger partial charge on any atom is 0.412 e. The molecule has 2 N–H and O–H groups in total. The lowest BCUT2D eigenvalue weighted by atomic mass is 10.2. The van der Waals surface area contributed by atoms with Crippen molar-refractivity contribution in [2.75, 3.05) is 24.2 Å². The first-order valence-electron chi connectivity index (χ1n) is 7.49. The van der Waals surface area contributed by atoms with Crippen LogP contribution in [0.1, 0.15) is 20.8 Å². The van der Waals surface area contributed by atoms with Crippen molar-refractivity contribution in [1.82, 2.24) is 4.90 Å². The molecule has 0 aliphatic rings. The molecule has 0 saturated heterocycles. The van der Waals surface area contributed by atoms with Crippen molar-refractivity contribution in [2.24, 2.45) is 0 Å². The van der Waals surface area contributed by atoms with Crippen molar-refractivity contribution in [3.8, 4) is 0 Å². The standard InChI is InChI=1S/C17H22FN3O4/c1-6-14(23)21(5)10-13(22)20-15-11(18)8-7-9-12(15)19-16(24)25-17(2,3)4/h6-9H,1,10H2,2-5H3,(H,19,24)(H,20,22). The fourth-order valence-electron chi connectivity index (χ4n) is 1.80. The van der Waals surface area contributed by atoms with Gasteiger partial charge in [-0.05, 0) is 39.0 Å². The number of ether oxygens (including phenoxy) is 1. The highest BCUT2D eigenvalue weighted by Crippen LogP contribution is 2.25. The van der Waals surface area contributed by atoms with Crippen LogP contribution < -0.4 is 10.6 Å². The van der Waals surface area contributed by atoms with Crippen LogP contribution in [0.15, 0.2) is 30.9 Å². The monoisotopic (exact) mass is 351 g/mol. The Labute approximate surface area is 145 Å². The van der Waals surface area contributed by atoms with Crippen molar-refractivity contribution in [2.45, 2.75) is 26.4 Å². The summed E-state index contributed by atoms with van der Waals surface area (Å²) in [5, 5.41) is 4.73. The number of nitrogens with zero attached hydrogens (tertiary/aromatic N) is 1. The normalized spacial score (nSPS) is 10.6. The number of hydrogen-bond acceptors (Lipinski definition) is 4. The Kier molecular flexibility index (Phi) is 6.67. The zero-order valence-corrected chi connectivity index (χ0v) is 14.7. The van der Waals surface area contributed by atoms with Gasteiger partial charge in [0.1, 0.15) is 17.1 Å². The molecule has 3 amide bonds. The summed E-state index contributed by atoms with van der Waals surface area (Å²) in [5.41, 5.74) is -0.896. The van der Waals surface area contributed by atoms with Gasteiger partial charge in [-0.15, -0.1) is 0 Å². The Morgan fingerprint density at radius 3 is 2.48 bits per heavy atom. The first kappa shape index (κ1) is 20.1. The van der Waals surface area contributed by atoms with E-state index < -0.39 is 29.3 Å². The van der Waals surface area contributed by atoms with E-state index in [2.05, 4.69) is 17.2 Å². The maximum atomic E-state index is 14.1. The highest BCUT2D eigenvalue weighted by molar-refractivity contribution is 6.00. The van der Waals surface area contributed by atoms with Crippen molar-refractivity contribution in [3.05, 3.63) is 36.7 Å². The second-order valence-corrected chi connectivity index (χ2v) is 6.24. The number of carbonyl (C=O) groups excluding carboxylic acids is 3. The van der Waals surface area contributed by atoms with E-state index in [4.69, 9.17) is 4.74 Å². The minimum Gasteiger partial charge on any atom is -0.444 e. The molecule has 0 bridgehead atoms. The van der Waals surface area contributed by atoms with Crippen LogP contribution in [0.5, 0.6) is 0 Å². The Bertz CT molecular complexity index is 683. The van der Waals surface area contributed by atoms with Gasteiger partial charge in [0.15, 0.2) is 0 Å². The van der Waals surface area contributed by atoms with Crippen molar-refractivity contribution in [1.29, 1.82) is 0 Å². The number of halogens is 1. The summed E-state index contributed by atoms with van der Waals surface area (Å²) in [5.74, 6) is -1.81. The second kappa shape index (κ2) is 8.27. The van der Waals surface area contributed by atoms with E-state index in [1.54, 1.807) is 20.8 Å². The molecular weight excluding hydrogens is 329 g/mol. The largest absolute Gasteiger partial charge is 0.444 e. The van der Waals surface area contributed by atoms with Crippen molar-refractivity contribution < 1.29 is 23.5 Å². The number of benzene rings is 1. The van der Waals surface area contributed by atoms with Crippen LogP contribution in [0.2, 0.25) is 0 Å². The molecular formula is C17H22FN3O4. The van der Waals surface area contributed by atoms with Crippen LogP contribution >= 0.6 is 0 Å². The number of carbonyl (C=O) groups is 3. The highest BCUT2D eigenvalue weighted by atomic mass is 19.1. The molecule has 1 rings (SSSR count). The fourth-order valence-corrected chi connectivity index (χ4v) is 1.80. The van der Waals surface area contributed by atoms with E-state index in [1.807, 2.05) is 0 Å². The minimum absolute atomic E-state index is 0.0419. The maximum absolute atomic E-state index is 14.1. The second-order valence-electron chi connectivity index (χ2n) is 6.24. The number of nitrogens with one attached hydrogen (secondary N) is 2. The molecule has 8 heteroatoms. The SMILES string of the molecule is C=CC(=O)N(C)CC(=O)Nc1c(F)cccc1NC(=O)OC(C)(C)C. The lowest BCUT2D eigenvalue weighted by molar-refractivity contribution is -0.129. The number of anilines is 2. The molecule has 0 unspecified atom stereocenters. The van der Waals surface area contributed by atoms with Crippen LogP contribution in [-0.2, 0) is 14.3 Å². The molecule has 0 spiro atoms. The summed E-state index contributed by atoms with van der Waals surface area (Å²) in [7, 11) is 1.41. The lowest BCUT2D eigenvalue weighted by Crippen LogP contribution is -2.34. The van der Waals surface area contributed by atoms with Crippen molar-refractivity contribution in [3.63, 3.8) is 0 Å². The summed E-state index contributed by atoms with van der Waals surface area (Å²) in [6.07, 6.45) is 0.277. The molecule has 0 fully saturated rings. The molecule has 1 aromatic rings. The van der Waals surface area contributed by atoms with E-state index in [-0.39, 0.29) is 17.9 Å². The summed E-state index contributed by atoms with van der Waals surface area (Å²) in [6.45, 7) is 8.08. The van der Waals surface area contributed by atoms with Crippen LogP contribution in [-0.4, -0.2) is 42.0 Å². The number of likely N-dealkylation sites (N-methyl/N-ethyl adjacent to an activating group) is 1. The van der Waals surface area contributed by atoms with E-state index in [1.165, 1.54) is 19.2 Å². The van der Waals surface area contributed by atoms with E-state index in [0.717, 1.165) is 17.0 Å². The van der Waals surface area contributed by atoms with Gasteiger partial charge in [-0.25, -0.2) is 9.18 Å². The van der Waals surface area contributed by atoms with Gasteiger partial charge < -0.3 is 15.0 Å². The third kappa shape index (κ3) is 6.62. The molecule has 0 atom stereocenters. The summed E-state index contributed by atoms with van der Waals surface area (Å²) in [4.78, 5) is 36.4. The van der Waals surface area contributed by atoms with Gasteiger partial charge in [-0.2, -0.15) is 0 Å². The lowest BCUT2D eigenvalue weighted by Gasteiger charge is -2.21. The average molecular weight is 351 g/mol. The molecule has 136 valence electrons. The van der Waals surface area contributed by atoms with Crippen LogP contribution in [0.3, 0.4) is 0 Å². The number of para-hydroxylation sites is 1. The molecule has 0 aromatic heterocycles.